The second-order valence-electron chi connectivity index (χ2n) is 3.27. The van der Waals surface area contributed by atoms with E-state index in [1.165, 1.54) is 0 Å². The van der Waals surface area contributed by atoms with E-state index in [2.05, 4.69) is 0 Å². The van der Waals surface area contributed by atoms with Gasteiger partial charge in [0.2, 0.25) is 0 Å². The van der Waals surface area contributed by atoms with Crippen LogP contribution >= 0.6 is 69.6 Å². The van der Waals surface area contributed by atoms with E-state index in [1.54, 1.807) is 0 Å². The van der Waals surface area contributed by atoms with E-state index >= 15 is 0 Å². The Bertz CT molecular complexity index is 182. The van der Waals surface area contributed by atoms with Crippen LogP contribution in [0, 0.1) is 0 Å². The molecule has 1 fully saturated rings. The molecule has 1 aliphatic rings. The van der Waals surface area contributed by atoms with Crippen molar-refractivity contribution in [3.05, 3.63) is 0 Å². The number of hydrogen-bond donors (Lipinski definition) is 4. The van der Waals surface area contributed by atoms with Gasteiger partial charge in [-0.15, -0.1) is 69.6 Å². The van der Waals surface area contributed by atoms with Crippen LogP contribution in [0.2, 0.25) is 0 Å². The zero-order chi connectivity index (χ0) is 14.0. The van der Waals surface area contributed by atoms with Gasteiger partial charge in [-0.3, -0.25) is 0 Å². The summed E-state index contributed by atoms with van der Waals surface area (Å²) in [6, 6.07) is 0. The molecule has 4 N–H and O–H groups in total. The summed E-state index contributed by atoms with van der Waals surface area (Å²) in [5.74, 6) is 0. The monoisotopic (exact) mass is 444 g/mol. The minimum atomic E-state index is -5.00. The Kier molecular flexibility index (Phi) is 14.3. The average molecular weight is 447 g/mol. The van der Waals surface area contributed by atoms with Crippen molar-refractivity contribution in [2.75, 3.05) is 0 Å². The summed E-state index contributed by atoms with van der Waals surface area (Å²) in [5, 5.41) is -2.62. The van der Waals surface area contributed by atoms with Crippen LogP contribution in [0.15, 0.2) is 0 Å². The minimum absolute atomic E-state index is 0. The van der Waals surface area contributed by atoms with Crippen molar-refractivity contribution in [1.82, 2.24) is 0 Å². The van der Waals surface area contributed by atoms with Gasteiger partial charge < -0.3 is 0 Å². The van der Waals surface area contributed by atoms with Crippen LogP contribution in [0.25, 0.3) is 0 Å². The topological polar surface area (TPSA) is 80.9 Å². The molecule has 0 atom stereocenters. The number of rotatable bonds is 0. The average Bonchev–Trinajstić information content (AvgIpc) is 2.18. The van der Waals surface area contributed by atoms with Crippen molar-refractivity contribution in [1.29, 1.82) is 0 Å². The fourth-order valence-corrected chi connectivity index (χ4v) is 3.38. The van der Waals surface area contributed by atoms with Crippen LogP contribution in [0.4, 0.5) is 0 Å². The van der Waals surface area contributed by atoms with E-state index in [-0.39, 0.29) is 51.4 Å². The van der Waals surface area contributed by atoms with Crippen molar-refractivity contribution >= 4 is 121 Å². The van der Waals surface area contributed by atoms with E-state index in [1.807, 2.05) is 0 Å². The molecule has 4 nitrogen and oxygen atoms in total. The number of halogens is 6. The molecule has 18 heavy (non-hydrogen) atoms. The first-order valence-electron chi connectivity index (χ1n) is 4.20. The first kappa shape index (κ1) is 24.2. The summed E-state index contributed by atoms with van der Waals surface area (Å²) in [6.45, 7) is 0. The molecule has 1 aliphatic carbocycles. The van der Waals surface area contributed by atoms with Gasteiger partial charge in [-0.05, 0) is 0 Å². The van der Waals surface area contributed by atoms with Gasteiger partial charge in [-0.1, -0.05) is 0 Å². The molecule has 106 valence electrons. The molecule has 0 aromatic rings. The summed E-state index contributed by atoms with van der Waals surface area (Å²) in [5.41, 5.74) is 0. The number of alkyl halides is 6. The third kappa shape index (κ3) is 9.16. The molecule has 0 heterocycles. The fraction of sp³-hybridized carbons (Fsp3) is 1.00. The van der Waals surface area contributed by atoms with Crippen LogP contribution < -0.4 is 0 Å². The van der Waals surface area contributed by atoms with E-state index in [9.17, 15) is 0 Å². The summed E-state index contributed by atoms with van der Waals surface area (Å²) < 4.78 is 29.5. The van der Waals surface area contributed by atoms with Gasteiger partial charge in [0, 0.05) is 0 Å². The molecule has 0 bridgehead atoms. The summed E-state index contributed by atoms with van der Waals surface area (Å²) >= 11 is 30.3. The Balaban J connectivity index is 0. The van der Waals surface area contributed by atoms with Crippen molar-refractivity contribution in [2.45, 2.75) is 32.3 Å². The number of hydrogen-bond acceptors (Lipinski definition) is 4. The van der Waals surface area contributed by atoms with E-state index < -0.39 is 50.4 Å². The van der Waals surface area contributed by atoms with Crippen LogP contribution in [-0.2, 0) is 18.1 Å². The summed E-state index contributed by atoms with van der Waals surface area (Å²) in [4.78, 5) is 0. The van der Waals surface area contributed by atoms with Gasteiger partial charge in [0.1, 0.15) is 0 Å². The molecule has 0 aliphatic heterocycles. The van der Waals surface area contributed by atoms with Crippen molar-refractivity contribution in [3.63, 3.8) is 0 Å². The Morgan fingerprint density at radius 2 is 0.556 bits per heavy atom. The van der Waals surface area contributed by atoms with Gasteiger partial charge in [0.05, 0.1) is 32.3 Å². The third-order valence-corrected chi connectivity index (χ3v) is 5.86. The van der Waals surface area contributed by atoms with Crippen molar-refractivity contribution < 1.29 is 32.9 Å². The molecule has 0 spiro atoms. The molecule has 1 saturated carbocycles. The first-order valence-corrected chi connectivity index (χ1v) is 9.62. The van der Waals surface area contributed by atoms with Gasteiger partial charge in [0.15, 0.2) is 0 Å². The zero-order valence-corrected chi connectivity index (χ0v) is 14.1. The van der Waals surface area contributed by atoms with Crippen LogP contribution in [0.1, 0.15) is 0 Å². The molecule has 0 aromatic carbocycles. The molecular formula is C6H11Cl6KO4Ti. The third-order valence-electron chi connectivity index (χ3n) is 1.83. The fourth-order valence-electron chi connectivity index (χ4n) is 1.05. The quantitative estimate of drug-likeness (QED) is 0.327. The van der Waals surface area contributed by atoms with Gasteiger partial charge in [-0.25, -0.2) is 0 Å². The maximum atomic E-state index is 7.38. The SMILES string of the molecule is Cl[C@H]1[C@H](Cl)[C@@H](Cl)[C@@H](Cl)[C@H](Cl)[C@H]1Cl.[KH].[OH][Ti]([OH])([OH])[OH]. The van der Waals surface area contributed by atoms with E-state index in [4.69, 9.17) is 84.4 Å². The Morgan fingerprint density at radius 3 is 0.611 bits per heavy atom. The maximum absolute atomic E-state index is 7.38. The summed E-state index contributed by atoms with van der Waals surface area (Å²) in [7, 11) is 0. The van der Waals surface area contributed by atoms with Crippen molar-refractivity contribution in [3.8, 4) is 0 Å². The molecule has 1 rings (SSSR count). The molecule has 0 amide bonds. The van der Waals surface area contributed by atoms with Gasteiger partial charge in [0.25, 0.3) is 0 Å². The Hall–Kier alpha value is 3.93. The molecule has 0 aromatic heterocycles. The van der Waals surface area contributed by atoms with E-state index in [0.29, 0.717) is 0 Å². The normalized spacial score (nSPS) is 40.3. The molecule has 0 radical (unpaired) electrons. The molecule has 12 heteroatoms. The standard InChI is InChI=1S/C6H6Cl6.K.4H2O.Ti.H/c7-1-2(8)4(10)6(12)5(11)3(1)9;;;;;;;/h1-6H;;4*1H2;;/q;;;;;;+4;/p-4/t1-,2-,3-,4+,5+,6+;;;;;;;. The Morgan fingerprint density at radius 1 is 0.500 bits per heavy atom. The van der Waals surface area contributed by atoms with Crippen LogP contribution in [0.5, 0.6) is 0 Å². The Labute approximate surface area is 183 Å². The van der Waals surface area contributed by atoms with Crippen LogP contribution in [0.3, 0.4) is 0 Å². The predicted molar refractivity (Wildman–Crippen MR) is 73.9 cm³/mol. The zero-order valence-electron chi connectivity index (χ0n) is 8.02. The molecule has 0 unspecified atom stereocenters. The second-order valence-corrected chi connectivity index (χ2v) is 8.16. The first-order chi connectivity index (χ1) is 7.46. The predicted octanol–water partition coefficient (Wildman–Crippen LogP) is 0.765. The molecular weight excluding hydrogens is 436 g/mol. The summed E-state index contributed by atoms with van der Waals surface area (Å²) in [6.07, 6.45) is 0. The second kappa shape index (κ2) is 10.7. The van der Waals surface area contributed by atoms with Gasteiger partial charge >= 0.3 is 84.3 Å². The van der Waals surface area contributed by atoms with Gasteiger partial charge in [-0.2, -0.15) is 0 Å². The van der Waals surface area contributed by atoms with Crippen LogP contribution in [-0.4, -0.2) is 98.4 Å². The van der Waals surface area contributed by atoms with Crippen molar-refractivity contribution in [2.24, 2.45) is 0 Å². The van der Waals surface area contributed by atoms with E-state index in [0.717, 1.165) is 0 Å². The molecule has 0 saturated heterocycles.